The van der Waals surface area contributed by atoms with E-state index in [1.165, 1.54) is 0 Å². The Morgan fingerprint density at radius 1 is 1.75 bits per heavy atom. The van der Waals surface area contributed by atoms with E-state index in [2.05, 4.69) is 20.1 Å². The molecular formula is C5H10NOSe. The molecule has 0 aromatic rings. The van der Waals surface area contributed by atoms with Crippen molar-refractivity contribution in [2.24, 2.45) is 5.92 Å². The van der Waals surface area contributed by atoms with Crippen LogP contribution in [0.5, 0.6) is 0 Å². The summed E-state index contributed by atoms with van der Waals surface area (Å²) in [5, 5.41) is 8.64. The molecule has 0 amide bonds. The maximum atomic E-state index is 8.64. The topological polar surface area (TPSA) is 23.5 Å². The normalized spacial score (nSPS) is 31.5. The van der Waals surface area contributed by atoms with Crippen molar-refractivity contribution in [3.8, 4) is 0 Å². The molecule has 3 heteroatoms. The molecule has 0 aliphatic carbocycles. The van der Waals surface area contributed by atoms with Crippen molar-refractivity contribution in [1.29, 1.82) is 0 Å². The molecule has 1 heterocycles. The van der Waals surface area contributed by atoms with Crippen LogP contribution in [0.4, 0.5) is 0 Å². The zero-order valence-corrected chi connectivity index (χ0v) is 6.42. The van der Waals surface area contributed by atoms with Gasteiger partial charge in [0.05, 0.1) is 0 Å². The number of hydrogen-bond donors (Lipinski definition) is 1. The SMILES string of the molecule is OC[C@H]1CCN([Se])C1. The molecule has 2 nitrogen and oxygen atoms in total. The summed E-state index contributed by atoms with van der Waals surface area (Å²) >= 11 is 2.93. The molecule has 0 spiro atoms. The number of rotatable bonds is 1. The van der Waals surface area contributed by atoms with E-state index in [-0.39, 0.29) is 0 Å². The van der Waals surface area contributed by atoms with E-state index >= 15 is 0 Å². The molecular weight excluding hydrogens is 169 g/mol. The van der Waals surface area contributed by atoms with Gasteiger partial charge in [-0.1, -0.05) is 0 Å². The summed E-state index contributed by atoms with van der Waals surface area (Å²) in [6.45, 7) is 2.47. The average Bonchev–Trinajstić information content (AvgIpc) is 2.14. The summed E-state index contributed by atoms with van der Waals surface area (Å²) in [5.74, 6) is 0.524. The van der Waals surface area contributed by atoms with Gasteiger partial charge in [-0.05, 0) is 0 Å². The first-order chi connectivity index (χ1) is 3.83. The molecule has 1 fully saturated rings. The summed E-state index contributed by atoms with van der Waals surface area (Å²) in [6, 6.07) is 0. The zero-order chi connectivity index (χ0) is 5.98. The van der Waals surface area contributed by atoms with Crippen LogP contribution in [-0.2, 0) is 0 Å². The van der Waals surface area contributed by atoms with Crippen LogP contribution in [0.25, 0.3) is 0 Å². The fourth-order valence-corrected chi connectivity index (χ4v) is 1.61. The van der Waals surface area contributed by atoms with Crippen LogP contribution < -0.4 is 0 Å². The van der Waals surface area contributed by atoms with Crippen LogP contribution in [0.15, 0.2) is 0 Å². The van der Waals surface area contributed by atoms with Gasteiger partial charge in [-0.25, -0.2) is 0 Å². The van der Waals surface area contributed by atoms with Gasteiger partial charge in [-0.15, -0.1) is 0 Å². The molecule has 1 aliphatic heterocycles. The summed E-state index contributed by atoms with van der Waals surface area (Å²) in [5.41, 5.74) is 0. The molecule has 0 bridgehead atoms. The predicted octanol–water partition coefficient (Wildman–Crippen LogP) is -0.616. The Bertz CT molecular complexity index is 78.8. The van der Waals surface area contributed by atoms with Gasteiger partial charge in [0.25, 0.3) is 0 Å². The van der Waals surface area contributed by atoms with Crippen LogP contribution in [0.3, 0.4) is 0 Å². The second-order valence-corrected chi connectivity index (χ2v) is 3.31. The van der Waals surface area contributed by atoms with Crippen LogP contribution >= 0.6 is 0 Å². The molecule has 8 heavy (non-hydrogen) atoms. The first kappa shape index (κ1) is 6.56. The van der Waals surface area contributed by atoms with Gasteiger partial charge >= 0.3 is 57.3 Å². The summed E-state index contributed by atoms with van der Waals surface area (Å²) < 4.78 is 2.13. The predicted molar refractivity (Wildman–Crippen MR) is 32.5 cm³/mol. The molecule has 0 aromatic carbocycles. The summed E-state index contributed by atoms with van der Waals surface area (Å²) in [4.78, 5) is 0. The molecule has 1 atom stereocenters. The van der Waals surface area contributed by atoms with Crippen molar-refractivity contribution in [3.63, 3.8) is 0 Å². The second kappa shape index (κ2) is 2.83. The standard InChI is InChI=1S/C5H10NOSe/c7-4-5-1-2-6(8)3-5/h5,7H,1-4H2/t5-/m0/s1. The molecule has 1 aliphatic rings. The molecule has 0 unspecified atom stereocenters. The van der Waals surface area contributed by atoms with Crippen molar-refractivity contribution in [3.05, 3.63) is 0 Å². The first-order valence-electron chi connectivity index (χ1n) is 2.86. The Balaban J connectivity index is 2.22. The van der Waals surface area contributed by atoms with Crippen LogP contribution in [0, 0.1) is 5.92 Å². The van der Waals surface area contributed by atoms with E-state index in [9.17, 15) is 0 Å². The number of aliphatic hydroxyl groups is 1. The Hall–Kier alpha value is 0.439. The van der Waals surface area contributed by atoms with Crippen molar-refractivity contribution >= 4 is 16.2 Å². The van der Waals surface area contributed by atoms with E-state index in [1.807, 2.05) is 0 Å². The van der Waals surface area contributed by atoms with Gasteiger partial charge in [0.2, 0.25) is 0 Å². The molecule has 1 N–H and O–H groups in total. The van der Waals surface area contributed by atoms with Crippen molar-refractivity contribution in [1.82, 2.24) is 3.92 Å². The van der Waals surface area contributed by atoms with Crippen LogP contribution in [0.1, 0.15) is 6.42 Å². The number of aliphatic hydroxyl groups excluding tert-OH is 1. The number of nitrogens with zero attached hydrogens (tertiary/aromatic N) is 1. The van der Waals surface area contributed by atoms with Crippen molar-refractivity contribution < 1.29 is 5.11 Å². The molecule has 47 valence electrons. The average molecular weight is 179 g/mol. The Morgan fingerprint density at radius 2 is 2.50 bits per heavy atom. The van der Waals surface area contributed by atoms with Gasteiger partial charge in [0.15, 0.2) is 0 Å². The van der Waals surface area contributed by atoms with Gasteiger partial charge in [0.1, 0.15) is 0 Å². The van der Waals surface area contributed by atoms with Gasteiger partial charge in [-0.2, -0.15) is 0 Å². The van der Waals surface area contributed by atoms with Gasteiger partial charge in [0, 0.05) is 0 Å². The van der Waals surface area contributed by atoms with Crippen LogP contribution in [0.2, 0.25) is 0 Å². The zero-order valence-electron chi connectivity index (χ0n) is 4.71. The van der Waals surface area contributed by atoms with E-state index in [0.29, 0.717) is 12.5 Å². The van der Waals surface area contributed by atoms with Crippen molar-refractivity contribution in [2.75, 3.05) is 19.7 Å². The Morgan fingerprint density at radius 3 is 2.75 bits per heavy atom. The third-order valence-electron chi connectivity index (χ3n) is 1.51. The third-order valence-corrected chi connectivity index (χ3v) is 2.20. The summed E-state index contributed by atoms with van der Waals surface area (Å²) in [7, 11) is 0. The van der Waals surface area contributed by atoms with E-state index in [0.717, 1.165) is 19.5 Å². The van der Waals surface area contributed by atoms with E-state index < -0.39 is 0 Å². The molecule has 0 saturated carbocycles. The van der Waals surface area contributed by atoms with Gasteiger partial charge < -0.3 is 0 Å². The maximum absolute atomic E-state index is 8.64. The van der Waals surface area contributed by atoms with E-state index in [4.69, 9.17) is 5.11 Å². The van der Waals surface area contributed by atoms with Crippen molar-refractivity contribution in [2.45, 2.75) is 6.42 Å². The molecule has 1 rings (SSSR count). The molecule has 1 saturated heterocycles. The third kappa shape index (κ3) is 1.46. The second-order valence-electron chi connectivity index (χ2n) is 2.23. The summed E-state index contributed by atoms with van der Waals surface area (Å²) in [6.07, 6.45) is 1.14. The minimum absolute atomic E-state index is 0.345. The first-order valence-corrected chi connectivity index (χ1v) is 3.62. The fourth-order valence-electron chi connectivity index (χ4n) is 0.946. The fraction of sp³-hybridized carbons (Fsp3) is 1.00. The minimum atomic E-state index is 0.345. The van der Waals surface area contributed by atoms with E-state index in [1.54, 1.807) is 0 Å². The molecule has 0 aromatic heterocycles. The van der Waals surface area contributed by atoms with Crippen LogP contribution in [-0.4, -0.2) is 44.9 Å². The Kier molecular flexibility index (Phi) is 2.32. The van der Waals surface area contributed by atoms with Gasteiger partial charge in [-0.3, -0.25) is 0 Å². The number of hydrogen-bond acceptors (Lipinski definition) is 2. The quantitative estimate of drug-likeness (QED) is 0.542. The monoisotopic (exact) mass is 180 g/mol. The molecule has 1 radical (unpaired) electrons. The Labute approximate surface area is 57.9 Å².